The van der Waals surface area contributed by atoms with Gasteiger partial charge in [-0.3, -0.25) is 9.69 Å². The summed E-state index contributed by atoms with van der Waals surface area (Å²) in [6.45, 7) is 7.61. The Morgan fingerprint density at radius 2 is 1.65 bits per heavy atom. The molecule has 1 fully saturated rings. The van der Waals surface area contributed by atoms with Gasteiger partial charge in [-0.2, -0.15) is 0 Å². The molecular weight excluding hydrogens is 548 g/mol. The third kappa shape index (κ3) is 7.06. The van der Waals surface area contributed by atoms with Crippen molar-refractivity contribution in [2.45, 2.75) is 33.8 Å². The van der Waals surface area contributed by atoms with Crippen LogP contribution in [0.15, 0.2) is 60.3 Å². The Labute approximate surface area is 245 Å². The van der Waals surface area contributed by atoms with Gasteiger partial charge in [0, 0.05) is 12.1 Å². The lowest BCUT2D eigenvalue weighted by Gasteiger charge is -2.16. The van der Waals surface area contributed by atoms with Crippen LogP contribution in [0.1, 0.15) is 36.1 Å². The van der Waals surface area contributed by atoms with Crippen molar-refractivity contribution >= 4 is 40.9 Å². The second-order valence-corrected chi connectivity index (χ2v) is 9.93. The monoisotopic (exact) mass is 580 g/mol. The molecule has 3 aromatic carbocycles. The van der Waals surface area contributed by atoms with Gasteiger partial charge in [0.1, 0.15) is 23.8 Å². The summed E-state index contributed by atoms with van der Waals surface area (Å²) in [6.07, 6.45) is 2.39. The first-order chi connectivity index (χ1) is 19.3. The van der Waals surface area contributed by atoms with Crippen molar-refractivity contribution in [3.8, 4) is 23.0 Å². The lowest BCUT2D eigenvalue weighted by Crippen LogP contribution is -2.32. The predicted octanol–water partition coefficient (Wildman–Crippen LogP) is 6.33. The summed E-state index contributed by atoms with van der Waals surface area (Å²) in [6, 6.07) is 17.1. The number of methoxy groups -OCH3 is 1. The number of hydrogen-bond acceptors (Lipinski definition) is 6. The summed E-state index contributed by atoms with van der Waals surface area (Å²) < 4.78 is 22.9. The smallest absolute Gasteiger partial charge is 0.276 e. The van der Waals surface area contributed by atoms with E-state index in [-0.39, 0.29) is 12.5 Å². The normalized spacial score (nSPS) is 13.9. The van der Waals surface area contributed by atoms with Gasteiger partial charge < -0.3 is 24.3 Å². The fraction of sp³-hybridized carbons (Fsp3) is 0.290. The summed E-state index contributed by atoms with van der Waals surface area (Å²) in [5.41, 5.74) is 4.11. The number of nitrogens with one attached hydrogen (secondary N) is 1. The van der Waals surface area contributed by atoms with E-state index in [4.69, 9.17) is 42.8 Å². The summed E-state index contributed by atoms with van der Waals surface area (Å²) >= 11 is 11.8. The fourth-order valence-electron chi connectivity index (χ4n) is 4.31. The van der Waals surface area contributed by atoms with Crippen molar-refractivity contribution in [2.75, 3.05) is 26.9 Å². The average Bonchev–Trinajstić information content (AvgIpc) is 3.20. The Hall–Kier alpha value is -3.75. The van der Waals surface area contributed by atoms with E-state index in [0.717, 1.165) is 22.3 Å². The Morgan fingerprint density at radius 3 is 2.38 bits per heavy atom. The molecule has 1 heterocycles. The first-order valence-electron chi connectivity index (χ1n) is 13.1. The van der Waals surface area contributed by atoms with Crippen molar-refractivity contribution in [1.29, 1.82) is 0 Å². The number of carbonyl (C=O) groups excluding carboxylic acids is 1. The van der Waals surface area contributed by atoms with Gasteiger partial charge in [-0.25, -0.2) is 0 Å². The van der Waals surface area contributed by atoms with Crippen molar-refractivity contribution in [3.63, 3.8) is 0 Å². The lowest BCUT2D eigenvalue weighted by molar-refractivity contribution is -0.122. The molecule has 4 rings (SSSR count). The molecule has 3 aromatic rings. The standard InChI is InChI=1S/C31H33ClN2O5S/c1-5-37-28-12-8-21(18-29(28)38-6-2)13-14-34-30(35)25(33-31(34)40)17-22-9-11-26(36-4)23(16-22)19-39-27-10-7-20(3)15-24(27)32/h7-12,15-18H,5-6,13-14,19H2,1-4H3,(H,33,40)/b25-17+. The third-order valence-electron chi connectivity index (χ3n) is 6.28. The van der Waals surface area contributed by atoms with Crippen molar-refractivity contribution in [2.24, 2.45) is 0 Å². The van der Waals surface area contributed by atoms with E-state index in [0.29, 0.717) is 65.0 Å². The largest absolute Gasteiger partial charge is 0.496 e. The van der Waals surface area contributed by atoms with E-state index in [9.17, 15) is 4.79 Å². The molecule has 0 spiro atoms. The summed E-state index contributed by atoms with van der Waals surface area (Å²) in [5.74, 6) is 2.49. The molecular formula is C31H33ClN2O5S. The highest BCUT2D eigenvalue weighted by Gasteiger charge is 2.30. The number of amides is 1. The van der Waals surface area contributed by atoms with Gasteiger partial charge in [0.15, 0.2) is 16.6 Å². The first kappa shape index (κ1) is 29.2. The number of hydrogen-bond donors (Lipinski definition) is 1. The summed E-state index contributed by atoms with van der Waals surface area (Å²) in [4.78, 5) is 14.8. The van der Waals surface area contributed by atoms with Crippen LogP contribution in [0.4, 0.5) is 0 Å². The summed E-state index contributed by atoms with van der Waals surface area (Å²) in [5, 5.41) is 3.98. The highest BCUT2D eigenvalue weighted by atomic mass is 35.5. The van der Waals surface area contributed by atoms with E-state index >= 15 is 0 Å². The second-order valence-electron chi connectivity index (χ2n) is 9.14. The molecule has 1 aliphatic heterocycles. The van der Waals surface area contributed by atoms with E-state index in [2.05, 4.69) is 5.32 Å². The van der Waals surface area contributed by atoms with Crippen LogP contribution in [-0.4, -0.2) is 42.8 Å². The van der Waals surface area contributed by atoms with Crippen LogP contribution in [0.25, 0.3) is 6.08 Å². The Balaban J connectivity index is 1.45. The van der Waals surface area contributed by atoms with Crippen molar-refractivity contribution in [1.82, 2.24) is 10.2 Å². The van der Waals surface area contributed by atoms with E-state index in [1.807, 2.05) is 75.4 Å². The molecule has 1 N–H and O–H groups in total. The van der Waals surface area contributed by atoms with Crippen LogP contribution < -0.4 is 24.3 Å². The van der Waals surface area contributed by atoms with Gasteiger partial charge in [-0.15, -0.1) is 0 Å². The van der Waals surface area contributed by atoms with Gasteiger partial charge in [-0.05, 0) is 98.6 Å². The van der Waals surface area contributed by atoms with Gasteiger partial charge in [0.05, 0.1) is 25.3 Å². The number of rotatable bonds is 12. The lowest BCUT2D eigenvalue weighted by atomic mass is 10.1. The minimum absolute atomic E-state index is 0.180. The predicted molar refractivity (Wildman–Crippen MR) is 161 cm³/mol. The Bertz CT molecular complexity index is 1420. The third-order valence-corrected chi connectivity index (χ3v) is 6.90. The maximum Gasteiger partial charge on any atom is 0.276 e. The quantitative estimate of drug-likeness (QED) is 0.198. The maximum atomic E-state index is 13.2. The number of benzene rings is 3. The molecule has 1 aliphatic rings. The van der Waals surface area contributed by atoms with Crippen LogP contribution in [0.2, 0.25) is 5.02 Å². The zero-order chi connectivity index (χ0) is 28.6. The van der Waals surface area contributed by atoms with Gasteiger partial charge in [0.25, 0.3) is 5.91 Å². The fourth-order valence-corrected chi connectivity index (χ4v) is 4.89. The number of thiocarbonyl (C=S) groups is 1. The van der Waals surface area contributed by atoms with Crippen LogP contribution in [0.3, 0.4) is 0 Å². The van der Waals surface area contributed by atoms with Gasteiger partial charge in [0.2, 0.25) is 0 Å². The number of ether oxygens (including phenoxy) is 4. The molecule has 1 saturated heterocycles. The molecule has 40 heavy (non-hydrogen) atoms. The first-order valence-corrected chi connectivity index (χ1v) is 13.9. The summed E-state index contributed by atoms with van der Waals surface area (Å²) in [7, 11) is 1.61. The SMILES string of the molecule is CCOc1ccc(CCN2C(=O)/C(=C\c3ccc(OC)c(COc4ccc(C)cc4Cl)c3)NC2=S)cc1OCC. The van der Waals surface area contributed by atoms with Gasteiger partial charge >= 0.3 is 0 Å². The molecule has 7 nitrogen and oxygen atoms in total. The molecule has 0 saturated carbocycles. The zero-order valence-electron chi connectivity index (χ0n) is 23.1. The maximum absolute atomic E-state index is 13.2. The molecule has 0 atom stereocenters. The topological polar surface area (TPSA) is 69.3 Å². The highest BCUT2D eigenvalue weighted by molar-refractivity contribution is 7.80. The van der Waals surface area contributed by atoms with Crippen LogP contribution in [0, 0.1) is 6.92 Å². The molecule has 0 unspecified atom stereocenters. The van der Waals surface area contributed by atoms with Crippen molar-refractivity contribution < 1.29 is 23.7 Å². The zero-order valence-corrected chi connectivity index (χ0v) is 24.7. The van der Waals surface area contributed by atoms with E-state index < -0.39 is 0 Å². The number of aryl methyl sites for hydroxylation is 1. The highest BCUT2D eigenvalue weighted by Crippen LogP contribution is 2.30. The van der Waals surface area contributed by atoms with Crippen LogP contribution in [0.5, 0.6) is 23.0 Å². The van der Waals surface area contributed by atoms with E-state index in [1.54, 1.807) is 18.1 Å². The van der Waals surface area contributed by atoms with Gasteiger partial charge in [-0.1, -0.05) is 29.8 Å². The van der Waals surface area contributed by atoms with Crippen LogP contribution >= 0.6 is 23.8 Å². The van der Waals surface area contributed by atoms with Crippen LogP contribution in [-0.2, 0) is 17.8 Å². The Morgan fingerprint density at radius 1 is 0.925 bits per heavy atom. The number of carbonyl (C=O) groups is 1. The van der Waals surface area contributed by atoms with Crippen molar-refractivity contribution in [3.05, 3.63) is 87.6 Å². The Kier molecular flexibility index (Phi) is 9.90. The molecule has 1 amide bonds. The minimum Gasteiger partial charge on any atom is -0.496 e. The number of nitrogens with zero attached hydrogens (tertiary/aromatic N) is 1. The molecule has 0 aliphatic carbocycles. The minimum atomic E-state index is -0.180. The average molecular weight is 581 g/mol. The molecule has 9 heteroatoms. The molecule has 0 aromatic heterocycles. The molecule has 0 radical (unpaired) electrons. The number of halogens is 1. The second kappa shape index (κ2) is 13.5. The molecule has 0 bridgehead atoms. The van der Waals surface area contributed by atoms with E-state index in [1.165, 1.54) is 0 Å². The molecule has 210 valence electrons.